The largest absolute Gasteiger partial charge is 0.328 e. The SMILES string of the molecule is CCOC1(CCCC(C)=O)OCCO1. The maximum atomic E-state index is 10.8. The molecule has 1 aliphatic heterocycles. The van der Waals surface area contributed by atoms with Gasteiger partial charge in [-0.15, -0.1) is 0 Å². The monoisotopic (exact) mass is 202 g/mol. The fourth-order valence-electron chi connectivity index (χ4n) is 1.51. The molecule has 4 heteroatoms. The Morgan fingerprint density at radius 3 is 2.57 bits per heavy atom. The van der Waals surface area contributed by atoms with Crippen LogP contribution in [0.3, 0.4) is 0 Å². The lowest BCUT2D eigenvalue weighted by atomic mass is 10.2. The summed E-state index contributed by atoms with van der Waals surface area (Å²) >= 11 is 0. The molecule has 0 atom stereocenters. The van der Waals surface area contributed by atoms with Crippen molar-refractivity contribution in [3.05, 3.63) is 0 Å². The van der Waals surface area contributed by atoms with Crippen molar-refractivity contribution in [2.24, 2.45) is 0 Å². The van der Waals surface area contributed by atoms with Crippen molar-refractivity contribution in [3.8, 4) is 0 Å². The van der Waals surface area contributed by atoms with Crippen LogP contribution < -0.4 is 0 Å². The van der Waals surface area contributed by atoms with E-state index in [1.54, 1.807) is 6.92 Å². The average Bonchev–Trinajstić information content (AvgIpc) is 2.53. The molecule has 0 radical (unpaired) electrons. The first-order valence-electron chi connectivity index (χ1n) is 5.10. The molecule has 14 heavy (non-hydrogen) atoms. The molecule has 1 fully saturated rings. The van der Waals surface area contributed by atoms with Crippen LogP contribution in [0.25, 0.3) is 0 Å². The Labute approximate surface area is 84.5 Å². The standard InChI is InChI=1S/C10H18O4/c1-3-12-10(13-7-8-14-10)6-4-5-9(2)11/h3-8H2,1-2H3. The van der Waals surface area contributed by atoms with Crippen LogP contribution in [0.4, 0.5) is 0 Å². The Kier molecular flexibility index (Phi) is 4.51. The summed E-state index contributed by atoms with van der Waals surface area (Å²) in [5, 5.41) is 0. The van der Waals surface area contributed by atoms with E-state index in [1.165, 1.54) is 0 Å². The summed E-state index contributed by atoms with van der Waals surface area (Å²) in [6.07, 6.45) is 1.93. The van der Waals surface area contributed by atoms with Crippen LogP contribution in [-0.4, -0.2) is 31.6 Å². The second-order valence-corrected chi connectivity index (χ2v) is 3.37. The molecule has 4 nitrogen and oxygen atoms in total. The molecule has 82 valence electrons. The highest BCUT2D eigenvalue weighted by Crippen LogP contribution is 2.26. The summed E-state index contributed by atoms with van der Waals surface area (Å²) in [6.45, 7) is 5.18. The molecule has 0 saturated carbocycles. The Morgan fingerprint density at radius 1 is 1.43 bits per heavy atom. The lowest BCUT2D eigenvalue weighted by Crippen LogP contribution is -2.33. The number of ketones is 1. The minimum Gasteiger partial charge on any atom is -0.328 e. The average molecular weight is 202 g/mol. The lowest BCUT2D eigenvalue weighted by molar-refractivity contribution is -0.332. The maximum Gasteiger partial charge on any atom is 0.283 e. The number of ether oxygens (including phenoxy) is 3. The lowest BCUT2D eigenvalue weighted by Gasteiger charge is -2.26. The van der Waals surface area contributed by atoms with Crippen molar-refractivity contribution in [1.82, 2.24) is 0 Å². The molecule has 1 rings (SSSR count). The Balaban J connectivity index is 2.31. The van der Waals surface area contributed by atoms with E-state index in [1.807, 2.05) is 6.92 Å². The zero-order valence-corrected chi connectivity index (χ0v) is 8.88. The second kappa shape index (κ2) is 5.44. The molecule has 1 heterocycles. The summed E-state index contributed by atoms with van der Waals surface area (Å²) in [6, 6.07) is 0. The fraction of sp³-hybridized carbons (Fsp3) is 0.900. The smallest absolute Gasteiger partial charge is 0.283 e. The van der Waals surface area contributed by atoms with E-state index < -0.39 is 5.97 Å². The van der Waals surface area contributed by atoms with Gasteiger partial charge in [-0.25, -0.2) is 0 Å². The zero-order valence-electron chi connectivity index (χ0n) is 8.88. The Bertz CT molecular complexity index is 185. The van der Waals surface area contributed by atoms with Gasteiger partial charge in [-0.1, -0.05) is 0 Å². The summed E-state index contributed by atoms with van der Waals surface area (Å²) in [4.78, 5) is 10.8. The van der Waals surface area contributed by atoms with Crippen molar-refractivity contribution in [2.45, 2.75) is 39.1 Å². The van der Waals surface area contributed by atoms with Crippen molar-refractivity contribution < 1.29 is 19.0 Å². The molecule has 0 aromatic heterocycles. The third-order valence-electron chi connectivity index (χ3n) is 2.10. The molecule has 0 spiro atoms. The highest BCUT2D eigenvalue weighted by molar-refractivity contribution is 5.75. The summed E-state index contributed by atoms with van der Waals surface area (Å²) in [5.74, 6) is -0.681. The van der Waals surface area contributed by atoms with E-state index in [0.29, 0.717) is 32.7 Å². The molecule has 0 amide bonds. The number of carbonyl (C=O) groups is 1. The number of carbonyl (C=O) groups excluding carboxylic acids is 1. The molecule has 0 bridgehead atoms. The van der Waals surface area contributed by atoms with Crippen LogP contribution in [0.2, 0.25) is 0 Å². The van der Waals surface area contributed by atoms with Crippen LogP contribution in [0.1, 0.15) is 33.1 Å². The first-order chi connectivity index (χ1) is 6.68. The normalized spacial score (nSPS) is 19.9. The molecule has 1 saturated heterocycles. The van der Waals surface area contributed by atoms with E-state index in [-0.39, 0.29) is 5.78 Å². The Morgan fingerprint density at radius 2 is 2.07 bits per heavy atom. The molecule has 0 aliphatic carbocycles. The van der Waals surface area contributed by atoms with Gasteiger partial charge in [0.1, 0.15) is 5.78 Å². The topological polar surface area (TPSA) is 44.8 Å². The first-order valence-corrected chi connectivity index (χ1v) is 5.10. The van der Waals surface area contributed by atoms with E-state index in [0.717, 1.165) is 6.42 Å². The van der Waals surface area contributed by atoms with Crippen LogP contribution >= 0.6 is 0 Å². The van der Waals surface area contributed by atoms with E-state index in [4.69, 9.17) is 14.2 Å². The second-order valence-electron chi connectivity index (χ2n) is 3.37. The van der Waals surface area contributed by atoms with E-state index >= 15 is 0 Å². The van der Waals surface area contributed by atoms with E-state index in [9.17, 15) is 4.79 Å². The number of hydrogen-bond donors (Lipinski definition) is 0. The Hall–Kier alpha value is -0.450. The van der Waals surface area contributed by atoms with Gasteiger partial charge in [-0.3, -0.25) is 0 Å². The maximum absolute atomic E-state index is 10.8. The van der Waals surface area contributed by atoms with Crippen LogP contribution in [0, 0.1) is 0 Å². The van der Waals surface area contributed by atoms with Gasteiger partial charge in [-0.05, 0) is 20.3 Å². The van der Waals surface area contributed by atoms with Gasteiger partial charge in [0.2, 0.25) is 0 Å². The molecule has 1 aliphatic rings. The van der Waals surface area contributed by atoms with Gasteiger partial charge in [0, 0.05) is 19.4 Å². The number of Topliss-reactive ketones (excluding diaryl/α,β-unsaturated/α-hetero) is 1. The van der Waals surface area contributed by atoms with Crippen molar-refractivity contribution in [1.29, 1.82) is 0 Å². The van der Waals surface area contributed by atoms with Gasteiger partial charge >= 0.3 is 0 Å². The number of rotatable bonds is 6. The molecule has 0 aromatic rings. The predicted octanol–water partition coefficient (Wildman–Crippen LogP) is 1.48. The van der Waals surface area contributed by atoms with Gasteiger partial charge in [0.05, 0.1) is 13.2 Å². The highest BCUT2D eigenvalue weighted by atomic mass is 16.9. The summed E-state index contributed by atoms with van der Waals surface area (Å²) < 4.78 is 16.2. The van der Waals surface area contributed by atoms with Gasteiger partial charge in [0.25, 0.3) is 5.97 Å². The van der Waals surface area contributed by atoms with Crippen molar-refractivity contribution in [3.63, 3.8) is 0 Å². The van der Waals surface area contributed by atoms with Crippen LogP contribution in [-0.2, 0) is 19.0 Å². The first kappa shape index (κ1) is 11.6. The van der Waals surface area contributed by atoms with E-state index in [2.05, 4.69) is 0 Å². The highest BCUT2D eigenvalue weighted by Gasteiger charge is 2.36. The van der Waals surface area contributed by atoms with Crippen LogP contribution in [0.5, 0.6) is 0 Å². The fourth-order valence-corrected chi connectivity index (χ4v) is 1.51. The molecular weight excluding hydrogens is 184 g/mol. The van der Waals surface area contributed by atoms with Crippen molar-refractivity contribution >= 4 is 5.78 Å². The van der Waals surface area contributed by atoms with Gasteiger partial charge in [-0.2, -0.15) is 0 Å². The summed E-state index contributed by atoms with van der Waals surface area (Å²) in [7, 11) is 0. The molecule has 0 unspecified atom stereocenters. The third kappa shape index (κ3) is 3.36. The number of hydrogen-bond acceptors (Lipinski definition) is 4. The minimum absolute atomic E-state index is 0.189. The van der Waals surface area contributed by atoms with Crippen molar-refractivity contribution in [2.75, 3.05) is 19.8 Å². The van der Waals surface area contributed by atoms with Gasteiger partial charge in [0.15, 0.2) is 0 Å². The molecular formula is C10H18O4. The molecule has 0 N–H and O–H groups in total. The minimum atomic E-state index is -0.871. The predicted molar refractivity (Wildman–Crippen MR) is 50.8 cm³/mol. The molecule has 0 aromatic carbocycles. The van der Waals surface area contributed by atoms with Crippen LogP contribution in [0.15, 0.2) is 0 Å². The quantitative estimate of drug-likeness (QED) is 0.654. The van der Waals surface area contributed by atoms with Gasteiger partial charge < -0.3 is 19.0 Å². The zero-order chi connectivity index (χ0) is 10.4. The summed E-state index contributed by atoms with van der Waals surface area (Å²) in [5.41, 5.74) is 0. The third-order valence-corrected chi connectivity index (χ3v) is 2.10.